The number of halogens is 1. The molecule has 1 amide bonds. The lowest BCUT2D eigenvalue weighted by atomic mass is 9.94. The second kappa shape index (κ2) is 10.8. The number of phenolic OH excluding ortho intramolecular Hbond substituents is 1. The number of benzene rings is 3. The summed E-state index contributed by atoms with van der Waals surface area (Å²) < 4.78 is 16.5. The second-order valence-corrected chi connectivity index (χ2v) is 8.51. The van der Waals surface area contributed by atoms with E-state index in [1.54, 1.807) is 55.5 Å². The number of aromatic hydroxyl groups is 1. The molecule has 1 saturated heterocycles. The van der Waals surface area contributed by atoms with Crippen LogP contribution in [0, 0.1) is 0 Å². The minimum Gasteiger partial charge on any atom is -0.507 e. The molecule has 0 bridgehead atoms. The maximum atomic E-state index is 13.4. The zero-order valence-corrected chi connectivity index (χ0v) is 21.3. The summed E-state index contributed by atoms with van der Waals surface area (Å²) in [6.07, 6.45) is 0. The van der Waals surface area contributed by atoms with E-state index in [2.05, 4.69) is 0 Å². The Kier molecular flexibility index (Phi) is 7.59. The van der Waals surface area contributed by atoms with E-state index in [0.717, 1.165) is 0 Å². The van der Waals surface area contributed by atoms with Gasteiger partial charge in [0.05, 0.1) is 42.5 Å². The number of Topliss-reactive ketones (excluding diaryl/α,β-unsaturated/α-hetero) is 1. The fourth-order valence-corrected chi connectivity index (χ4v) is 4.41. The number of aliphatic hydroxyl groups is 1. The van der Waals surface area contributed by atoms with Crippen molar-refractivity contribution in [2.75, 3.05) is 25.2 Å². The summed E-state index contributed by atoms with van der Waals surface area (Å²) >= 11 is 6.19. The second-order valence-electron chi connectivity index (χ2n) is 8.10. The molecule has 0 aromatic heterocycles. The van der Waals surface area contributed by atoms with E-state index in [1.807, 2.05) is 6.92 Å². The normalized spacial score (nSPS) is 16.6. The number of phenols is 1. The topological polar surface area (TPSA) is 106 Å². The molecule has 192 valence electrons. The van der Waals surface area contributed by atoms with Crippen molar-refractivity contribution in [3.05, 3.63) is 82.4 Å². The Hall–Kier alpha value is -4.17. The van der Waals surface area contributed by atoms with Crippen LogP contribution in [0.5, 0.6) is 23.0 Å². The van der Waals surface area contributed by atoms with E-state index in [0.29, 0.717) is 41.7 Å². The van der Waals surface area contributed by atoms with Crippen molar-refractivity contribution in [3.63, 3.8) is 0 Å². The van der Waals surface area contributed by atoms with Crippen molar-refractivity contribution in [2.24, 2.45) is 0 Å². The fraction of sp³-hybridized carbons (Fsp3) is 0.214. The first-order valence-electron chi connectivity index (χ1n) is 11.6. The summed E-state index contributed by atoms with van der Waals surface area (Å²) in [5.74, 6) is -0.872. The van der Waals surface area contributed by atoms with Gasteiger partial charge in [0.25, 0.3) is 11.7 Å². The first-order chi connectivity index (χ1) is 17.8. The lowest BCUT2D eigenvalue weighted by Gasteiger charge is -2.26. The quantitative estimate of drug-likeness (QED) is 0.229. The Morgan fingerprint density at radius 2 is 1.62 bits per heavy atom. The summed E-state index contributed by atoms with van der Waals surface area (Å²) in [7, 11) is 1.52. The molecule has 0 spiro atoms. The number of anilines is 1. The smallest absolute Gasteiger partial charge is 0.300 e. The molecule has 4 rings (SSSR count). The zero-order chi connectivity index (χ0) is 26.7. The van der Waals surface area contributed by atoms with Crippen LogP contribution in [0.25, 0.3) is 5.76 Å². The van der Waals surface area contributed by atoms with Crippen molar-refractivity contribution in [1.82, 2.24) is 0 Å². The van der Waals surface area contributed by atoms with E-state index in [4.69, 9.17) is 25.8 Å². The molecular formula is C28H26ClNO7. The van der Waals surface area contributed by atoms with Gasteiger partial charge < -0.3 is 24.4 Å². The van der Waals surface area contributed by atoms with Crippen LogP contribution in [0.1, 0.15) is 31.0 Å². The molecule has 8 nitrogen and oxygen atoms in total. The standard InChI is InChI=1S/C28H26ClNO7/c1-4-36-19-11-12-20(23(15-19)37-5-2)26(32)24-25(16-6-13-22(31)21(29)14-16)30(28(34)27(24)33)17-7-9-18(35-3)10-8-17/h6-15,25,31-32H,4-5H2,1-3H3/b26-24-. The molecule has 0 aliphatic carbocycles. The number of carbonyl (C=O) groups is 2. The van der Waals surface area contributed by atoms with Gasteiger partial charge in [-0.1, -0.05) is 17.7 Å². The van der Waals surface area contributed by atoms with Crippen molar-refractivity contribution >= 4 is 34.7 Å². The van der Waals surface area contributed by atoms with Gasteiger partial charge in [0.2, 0.25) is 0 Å². The fourth-order valence-electron chi connectivity index (χ4n) is 4.23. The Morgan fingerprint density at radius 1 is 0.946 bits per heavy atom. The molecule has 0 saturated carbocycles. The van der Waals surface area contributed by atoms with E-state index in [9.17, 15) is 19.8 Å². The van der Waals surface area contributed by atoms with Crippen LogP contribution in [0.3, 0.4) is 0 Å². The molecule has 1 heterocycles. The van der Waals surface area contributed by atoms with Gasteiger partial charge in [-0.3, -0.25) is 14.5 Å². The highest BCUT2D eigenvalue weighted by Crippen LogP contribution is 2.45. The van der Waals surface area contributed by atoms with Gasteiger partial charge in [0.15, 0.2) is 0 Å². The first-order valence-corrected chi connectivity index (χ1v) is 12.0. The third-order valence-electron chi connectivity index (χ3n) is 5.90. The summed E-state index contributed by atoms with van der Waals surface area (Å²) in [5.41, 5.74) is 0.914. The van der Waals surface area contributed by atoms with Crippen molar-refractivity contribution < 1.29 is 34.0 Å². The number of carbonyl (C=O) groups excluding carboxylic acids is 2. The van der Waals surface area contributed by atoms with Crippen LogP contribution in [0.4, 0.5) is 5.69 Å². The molecular weight excluding hydrogens is 498 g/mol. The molecule has 1 fully saturated rings. The first kappa shape index (κ1) is 25.9. The Labute approximate surface area is 219 Å². The van der Waals surface area contributed by atoms with Gasteiger partial charge in [-0.15, -0.1) is 0 Å². The highest BCUT2D eigenvalue weighted by molar-refractivity contribution is 6.51. The monoisotopic (exact) mass is 523 g/mol. The summed E-state index contributed by atoms with van der Waals surface area (Å²) in [6, 6.07) is 14.8. The summed E-state index contributed by atoms with van der Waals surface area (Å²) in [4.78, 5) is 28.1. The molecule has 37 heavy (non-hydrogen) atoms. The predicted molar refractivity (Wildman–Crippen MR) is 140 cm³/mol. The maximum Gasteiger partial charge on any atom is 0.300 e. The summed E-state index contributed by atoms with van der Waals surface area (Å²) in [5, 5.41) is 21.5. The van der Waals surface area contributed by atoms with Gasteiger partial charge in [0, 0.05) is 11.8 Å². The molecule has 1 aliphatic rings. The molecule has 0 radical (unpaired) electrons. The van der Waals surface area contributed by atoms with E-state index in [1.165, 1.54) is 24.1 Å². The third kappa shape index (κ3) is 4.93. The summed E-state index contributed by atoms with van der Waals surface area (Å²) in [6.45, 7) is 4.37. The molecule has 1 atom stereocenters. The number of methoxy groups -OCH3 is 1. The van der Waals surface area contributed by atoms with Gasteiger partial charge in [-0.25, -0.2) is 0 Å². The van der Waals surface area contributed by atoms with Gasteiger partial charge in [-0.2, -0.15) is 0 Å². The molecule has 3 aromatic rings. The largest absolute Gasteiger partial charge is 0.507 e. The maximum absolute atomic E-state index is 13.4. The highest BCUT2D eigenvalue weighted by Gasteiger charge is 2.47. The minimum atomic E-state index is -1.03. The molecule has 9 heteroatoms. The van der Waals surface area contributed by atoms with E-state index in [-0.39, 0.29) is 21.9 Å². The number of hydrogen-bond donors (Lipinski definition) is 2. The predicted octanol–water partition coefficient (Wildman–Crippen LogP) is 5.48. The van der Waals surface area contributed by atoms with Crippen LogP contribution in [0.15, 0.2) is 66.2 Å². The Morgan fingerprint density at radius 3 is 2.24 bits per heavy atom. The van der Waals surface area contributed by atoms with Crippen LogP contribution < -0.4 is 19.1 Å². The molecule has 3 aromatic carbocycles. The number of nitrogens with zero attached hydrogens (tertiary/aromatic N) is 1. The number of ether oxygens (including phenoxy) is 3. The van der Waals surface area contributed by atoms with Crippen molar-refractivity contribution in [3.8, 4) is 23.0 Å². The average Bonchev–Trinajstić information content (AvgIpc) is 3.16. The van der Waals surface area contributed by atoms with E-state index < -0.39 is 23.5 Å². The number of ketones is 1. The lowest BCUT2D eigenvalue weighted by molar-refractivity contribution is -0.132. The number of rotatable bonds is 8. The van der Waals surface area contributed by atoms with Crippen LogP contribution >= 0.6 is 11.6 Å². The van der Waals surface area contributed by atoms with Gasteiger partial charge >= 0.3 is 0 Å². The Balaban J connectivity index is 1.94. The van der Waals surface area contributed by atoms with Crippen LogP contribution in [-0.4, -0.2) is 42.2 Å². The van der Waals surface area contributed by atoms with Crippen molar-refractivity contribution in [1.29, 1.82) is 0 Å². The Bertz CT molecular complexity index is 1370. The zero-order valence-electron chi connectivity index (χ0n) is 20.5. The number of amides is 1. The van der Waals surface area contributed by atoms with Crippen LogP contribution in [-0.2, 0) is 9.59 Å². The van der Waals surface area contributed by atoms with E-state index >= 15 is 0 Å². The SMILES string of the molecule is CCOc1ccc(/C(O)=C2/C(=O)C(=O)N(c3ccc(OC)cc3)C2c2ccc(O)c(Cl)c2)c(OCC)c1. The minimum absolute atomic E-state index is 0.0360. The van der Waals surface area contributed by atoms with Crippen molar-refractivity contribution in [2.45, 2.75) is 19.9 Å². The highest BCUT2D eigenvalue weighted by atomic mass is 35.5. The average molecular weight is 524 g/mol. The molecule has 1 unspecified atom stereocenters. The molecule has 1 aliphatic heterocycles. The van der Waals surface area contributed by atoms with Gasteiger partial charge in [-0.05, 0) is 67.9 Å². The molecule has 2 N–H and O–H groups in total. The third-order valence-corrected chi connectivity index (χ3v) is 6.20. The number of hydrogen-bond acceptors (Lipinski definition) is 7. The van der Waals surface area contributed by atoms with Crippen LogP contribution in [0.2, 0.25) is 5.02 Å². The number of aliphatic hydroxyl groups excluding tert-OH is 1. The van der Waals surface area contributed by atoms with Gasteiger partial charge in [0.1, 0.15) is 28.8 Å². The lowest BCUT2D eigenvalue weighted by Crippen LogP contribution is -2.29.